The van der Waals surface area contributed by atoms with E-state index in [0.717, 1.165) is 18.5 Å². The van der Waals surface area contributed by atoms with Gasteiger partial charge in [-0.2, -0.15) is 0 Å². The maximum Gasteiger partial charge on any atom is 0.123 e. The van der Waals surface area contributed by atoms with E-state index in [2.05, 4.69) is 4.98 Å². The SMILES string of the molecule is Fc1ccc(CCn2ccnc2)cc1. The van der Waals surface area contributed by atoms with E-state index in [9.17, 15) is 4.39 Å². The van der Waals surface area contributed by atoms with E-state index in [4.69, 9.17) is 0 Å². The van der Waals surface area contributed by atoms with Crippen molar-refractivity contribution in [2.45, 2.75) is 13.0 Å². The summed E-state index contributed by atoms with van der Waals surface area (Å²) in [5.41, 5.74) is 1.14. The van der Waals surface area contributed by atoms with E-state index in [1.807, 2.05) is 22.9 Å². The lowest BCUT2D eigenvalue weighted by Crippen LogP contribution is -1.98. The minimum atomic E-state index is -0.184. The lowest BCUT2D eigenvalue weighted by molar-refractivity contribution is 0.625. The molecule has 0 radical (unpaired) electrons. The van der Waals surface area contributed by atoms with E-state index >= 15 is 0 Å². The number of imidazole rings is 1. The van der Waals surface area contributed by atoms with Crippen LogP contribution in [0.5, 0.6) is 0 Å². The van der Waals surface area contributed by atoms with Gasteiger partial charge in [0.1, 0.15) is 5.82 Å². The fraction of sp³-hybridized carbons (Fsp3) is 0.182. The molecule has 0 saturated heterocycles. The highest BCUT2D eigenvalue weighted by atomic mass is 19.1. The number of rotatable bonds is 3. The van der Waals surface area contributed by atoms with Gasteiger partial charge in [0.25, 0.3) is 0 Å². The van der Waals surface area contributed by atoms with Crippen molar-refractivity contribution in [3.63, 3.8) is 0 Å². The number of hydrogen-bond acceptors (Lipinski definition) is 1. The van der Waals surface area contributed by atoms with Crippen molar-refractivity contribution in [2.24, 2.45) is 0 Å². The molecule has 0 fully saturated rings. The molecule has 0 amide bonds. The summed E-state index contributed by atoms with van der Waals surface area (Å²) in [7, 11) is 0. The predicted octanol–water partition coefficient (Wildman–Crippen LogP) is 2.26. The topological polar surface area (TPSA) is 17.8 Å². The molecule has 1 heterocycles. The summed E-state index contributed by atoms with van der Waals surface area (Å²) in [6, 6.07) is 6.60. The molecule has 2 nitrogen and oxygen atoms in total. The summed E-state index contributed by atoms with van der Waals surface area (Å²) < 4.78 is 14.6. The molecule has 0 bridgehead atoms. The van der Waals surface area contributed by atoms with Crippen LogP contribution in [0.25, 0.3) is 0 Å². The molecule has 0 unspecified atom stereocenters. The Bertz CT molecular complexity index is 378. The van der Waals surface area contributed by atoms with Crippen LogP contribution in [0.4, 0.5) is 4.39 Å². The summed E-state index contributed by atoms with van der Waals surface area (Å²) in [6.07, 6.45) is 6.36. The Hall–Kier alpha value is -1.64. The zero-order chi connectivity index (χ0) is 9.80. The van der Waals surface area contributed by atoms with Crippen LogP contribution in [-0.2, 0) is 13.0 Å². The molecule has 72 valence electrons. The summed E-state index contributed by atoms with van der Waals surface area (Å²) in [6.45, 7) is 0.881. The van der Waals surface area contributed by atoms with Crippen molar-refractivity contribution < 1.29 is 4.39 Å². The minimum absolute atomic E-state index is 0.184. The first-order valence-electron chi connectivity index (χ1n) is 4.55. The van der Waals surface area contributed by atoms with Crippen LogP contribution in [0.3, 0.4) is 0 Å². The first-order chi connectivity index (χ1) is 6.84. The van der Waals surface area contributed by atoms with Gasteiger partial charge in [-0.15, -0.1) is 0 Å². The third-order valence-electron chi connectivity index (χ3n) is 2.13. The average Bonchev–Trinajstić information content (AvgIpc) is 2.70. The van der Waals surface area contributed by atoms with Crippen molar-refractivity contribution in [3.05, 3.63) is 54.4 Å². The molecule has 1 aromatic heterocycles. The predicted molar refractivity (Wildman–Crippen MR) is 52.3 cm³/mol. The Kier molecular flexibility index (Phi) is 2.58. The quantitative estimate of drug-likeness (QED) is 0.726. The molecule has 0 aliphatic rings. The summed E-state index contributed by atoms with van der Waals surface area (Å²) in [4.78, 5) is 3.95. The molecule has 0 atom stereocenters. The largest absolute Gasteiger partial charge is 0.337 e. The zero-order valence-electron chi connectivity index (χ0n) is 7.73. The highest BCUT2D eigenvalue weighted by molar-refractivity contribution is 5.15. The molecule has 3 heteroatoms. The third-order valence-corrected chi connectivity index (χ3v) is 2.13. The van der Waals surface area contributed by atoms with Crippen molar-refractivity contribution in [1.29, 1.82) is 0 Å². The Labute approximate surface area is 82.0 Å². The second-order valence-corrected chi connectivity index (χ2v) is 3.18. The normalized spacial score (nSPS) is 10.4. The van der Waals surface area contributed by atoms with Crippen LogP contribution in [0.15, 0.2) is 43.0 Å². The van der Waals surface area contributed by atoms with E-state index in [1.54, 1.807) is 12.5 Å². The molecule has 0 N–H and O–H groups in total. The molecular weight excluding hydrogens is 179 g/mol. The van der Waals surface area contributed by atoms with Crippen LogP contribution in [0.1, 0.15) is 5.56 Å². The van der Waals surface area contributed by atoms with Gasteiger partial charge in [-0.05, 0) is 24.1 Å². The van der Waals surface area contributed by atoms with Crippen molar-refractivity contribution >= 4 is 0 Å². The lowest BCUT2D eigenvalue weighted by Gasteiger charge is -2.01. The van der Waals surface area contributed by atoms with Crippen molar-refractivity contribution in [3.8, 4) is 0 Å². The number of aromatic nitrogens is 2. The van der Waals surface area contributed by atoms with Gasteiger partial charge in [-0.25, -0.2) is 9.37 Å². The molecule has 0 aliphatic carbocycles. The highest BCUT2D eigenvalue weighted by Crippen LogP contribution is 2.04. The molecular formula is C11H11FN2. The number of hydrogen-bond donors (Lipinski definition) is 0. The van der Waals surface area contributed by atoms with Gasteiger partial charge in [0.15, 0.2) is 0 Å². The molecule has 0 spiro atoms. The molecule has 1 aromatic carbocycles. The number of nitrogens with zero attached hydrogens (tertiary/aromatic N) is 2. The summed E-state index contributed by atoms with van der Waals surface area (Å²) in [5.74, 6) is -0.184. The average molecular weight is 190 g/mol. The first kappa shape index (κ1) is 8.94. The summed E-state index contributed by atoms with van der Waals surface area (Å²) >= 11 is 0. The fourth-order valence-electron chi connectivity index (χ4n) is 1.33. The molecule has 2 rings (SSSR count). The van der Waals surface area contributed by atoms with Gasteiger partial charge in [0.2, 0.25) is 0 Å². The zero-order valence-corrected chi connectivity index (χ0v) is 7.73. The molecule has 2 aromatic rings. The molecule has 0 aliphatic heterocycles. The van der Waals surface area contributed by atoms with E-state index in [-0.39, 0.29) is 5.82 Å². The fourth-order valence-corrected chi connectivity index (χ4v) is 1.33. The van der Waals surface area contributed by atoms with Crippen LogP contribution in [0, 0.1) is 5.82 Å². The molecule has 14 heavy (non-hydrogen) atoms. The Morgan fingerprint density at radius 3 is 2.64 bits per heavy atom. The third kappa shape index (κ3) is 2.19. The number of halogens is 1. The standard InChI is InChI=1S/C11H11FN2/c12-11-3-1-10(2-4-11)5-7-14-8-6-13-9-14/h1-4,6,8-9H,5,7H2. The summed E-state index contributed by atoms with van der Waals surface area (Å²) in [5, 5.41) is 0. The Morgan fingerprint density at radius 1 is 1.21 bits per heavy atom. The highest BCUT2D eigenvalue weighted by Gasteiger charge is 1.94. The van der Waals surface area contributed by atoms with Gasteiger partial charge in [0, 0.05) is 18.9 Å². The van der Waals surface area contributed by atoms with Gasteiger partial charge >= 0.3 is 0 Å². The Morgan fingerprint density at radius 2 is 2.00 bits per heavy atom. The van der Waals surface area contributed by atoms with Crippen LogP contribution >= 0.6 is 0 Å². The van der Waals surface area contributed by atoms with Crippen molar-refractivity contribution in [1.82, 2.24) is 9.55 Å². The maximum atomic E-state index is 12.6. The first-order valence-corrected chi connectivity index (χ1v) is 4.55. The second-order valence-electron chi connectivity index (χ2n) is 3.18. The van der Waals surface area contributed by atoms with Crippen LogP contribution < -0.4 is 0 Å². The van der Waals surface area contributed by atoms with Gasteiger partial charge in [-0.1, -0.05) is 12.1 Å². The van der Waals surface area contributed by atoms with E-state index in [0.29, 0.717) is 0 Å². The van der Waals surface area contributed by atoms with E-state index in [1.165, 1.54) is 12.1 Å². The maximum absolute atomic E-state index is 12.6. The monoisotopic (exact) mass is 190 g/mol. The van der Waals surface area contributed by atoms with Crippen molar-refractivity contribution in [2.75, 3.05) is 0 Å². The van der Waals surface area contributed by atoms with Gasteiger partial charge < -0.3 is 4.57 Å². The Balaban J connectivity index is 1.95. The number of aryl methyl sites for hydroxylation is 2. The smallest absolute Gasteiger partial charge is 0.123 e. The lowest BCUT2D eigenvalue weighted by atomic mass is 10.1. The van der Waals surface area contributed by atoms with Crippen LogP contribution in [0.2, 0.25) is 0 Å². The van der Waals surface area contributed by atoms with E-state index < -0.39 is 0 Å². The minimum Gasteiger partial charge on any atom is -0.337 e. The molecule has 0 saturated carbocycles. The van der Waals surface area contributed by atoms with Gasteiger partial charge in [0.05, 0.1) is 6.33 Å². The number of benzene rings is 1. The second kappa shape index (κ2) is 4.05. The van der Waals surface area contributed by atoms with Gasteiger partial charge in [-0.3, -0.25) is 0 Å². The van der Waals surface area contributed by atoms with Crippen LogP contribution in [-0.4, -0.2) is 9.55 Å².